The molecule has 0 saturated heterocycles. The number of likely N-dealkylation sites (N-methyl/N-ethyl adjacent to an activating group) is 2. The highest BCUT2D eigenvalue weighted by atomic mass is 16.2. The van der Waals surface area contributed by atoms with E-state index in [4.69, 9.17) is 0 Å². The molecule has 0 heterocycles. The van der Waals surface area contributed by atoms with Gasteiger partial charge in [0, 0.05) is 25.7 Å². The molecule has 0 N–H and O–H groups in total. The van der Waals surface area contributed by atoms with Crippen molar-refractivity contribution in [2.45, 2.75) is 46.2 Å². The molecule has 0 aromatic carbocycles. The number of carbonyl (C=O) groups excluding carboxylic acids is 1. The van der Waals surface area contributed by atoms with Gasteiger partial charge in [0.05, 0.1) is 6.54 Å². The lowest BCUT2D eigenvalue weighted by Gasteiger charge is -2.26. The Hall–Kier alpha value is -0.610. The molecule has 0 aliphatic carbocycles. The van der Waals surface area contributed by atoms with Gasteiger partial charge in [0.15, 0.2) is 0 Å². The first-order valence-corrected chi connectivity index (χ1v) is 6.90. The van der Waals surface area contributed by atoms with Gasteiger partial charge in [-0.25, -0.2) is 0 Å². The molecule has 4 heteroatoms. The van der Waals surface area contributed by atoms with Crippen LogP contribution in [0.4, 0.5) is 0 Å². The molecule has 0 aromatic rings. The van der Waals surface area contributed by atoms with Crippen molar-refractivity contribution in [3.05, 3.63) is 0 Å². The smallest absolute Gasteiger partial charge is 0.236 e. The monoisotopic (exact) mass is 257 g/mol. The van der Waals surface area contributed by atoms with Crippen LogP contribution in [-0.2, 0) is 4.79 Å². The van der Waals surface area contributed by atoms with Crippen LogP contribution in [0.2, 0.25) is 0 Å². The van der Waals surface area contributed by atoms with Gasteiger partial charge in [-0.1, -0.05) is 0 Å². The molecule has 0 bridgehead atoms. The Morgan fingerprint density at radius 1 is 0.889 bits per heavy atom. The first kappa shape index (κ1) is 17.4. The number of carbonyl (C=O) groups is 1. The Morgan fingerprint density at radius 3 is 1.83 bits per heavy atom. The topological polar surface area (TPSA) is 26.8 Å². The number of nitrogens with zero attached hydrogens (tertiary/aromatic N) is 3. The third kappa shape index (κ3) is 6.97. The highest BCUT2D eigenvalue weighted by molar-refractivity contribution is 5.77. The summed E-state index contributed by atoms with van der Waals surface area (Å²) in [6.45, 7) is 11.0. The van der Waals surface area contributed by atoms with E-state index in [9.17, 15) is 4.79 Å². The molecular weight excluding hydrogens is 226 g/mol. The molecule has 18 heavy (non-hydrogen) atoms. The molecule has 0 spiro atoms. The van der Waals surface area contributed by atoms with Crippen LogP contribution < -0.4 is 0 Å². The van der Waals surface area contributed by atoms with Crippen molar-refractivity contribution in [1.82, 2.24) is 14.7 Å². The summed E-state index contributed by atoms with van der Waals surface area (Å²) < 4.78 is 0. The summed E-state index contributed by atoms with van der Waals surface area (Å²) in [5.74, 6) is 0.207. The van der Waals surface area contributed by atoms with Crippen LogP contribution in [-0.4, -0.2) is 73.5 Å². The van der Waals surface area contributed by atoms with Crippen molar-refractivity contribution < 1.29 is 4.79 Å². The largest absolute Gasteiger partial charge is 0.345 e. The zero-order valence-corrected chi connectivity index (χ0v) is 13.2. The number of hydrogen-bond acceptors (Lipinski definition) is 3. The van der Waals surface area contributed by atoms with Gasteiger partial charge >= 0.3 is 0 Å². The summed E-state index contributed by atoms with van der Waals surface area (Å²) in [5.41, 5.74) is 0. The fraction of sp³-hybridized carbons (Fsp3) is 0.929. The lowest BCUT2D eigenvalue weighted by atomic mass is 10.3. The average Bonchev–Trinajstić information content (AvgIpc) is 2.27. The SMILES string of the molecule is CC(C)N(C)CCCN(C)C(=O)CN(C)C(C)C. The summed E-state index contributed by atoms with van der Waals surface area (Å²) in [5, 5.41) is 0. The fourth-order valence-electron chi connectivity index (χ4n) is 1.46. The lowest BCUT2D eigenvalue weighted by Crippen LogP contribution is -2.40. The van der Waals surface area contributed by atoms with Gasteiger partial charge in [0.1, 0.15) is 0 Å². The molecule has 0 aromatic heterocycles. The minimum absolute atomic E-state index is 0.207. The first-order chi connectivity index (χ1) is 8.25. The average molecular weight is 257 g/mol. The van der Waals surface area contributed by atoms with Crippen LogP contribution in [0.3, 0.4) is 0 Å². The molecule has 1 amide bonds. The maximum Gasteiger partial charge on any atom is 0.236 e. The molecule has 0 rings (SSSR count). The van der Waals surface area contributed by atoms with E-state index < -0.39 is 0 Å². The van der Waals surface area contributed by atoms with Crippen LogP contribution in [0.1, 0.15) is 34.1 Å². The van der Waals surface area contributed by atoms with E-state index >= 15 is 0 Å². The Bertz CT molecular complexity index is 241. The zero-order chi connectivity index (χ0) is 14.3. The molecule has 0 saturated carbocycles. The second-order valence-corrected chi connectivity index (χ2v) is 5.75. The second kappa shape index (κ2) is 8.48. The van der Waals surface area contributed by atoms with Crippen molar-refractivity contribution in [2.75, 3.05) is 40.8 Å². The standard InChI is InChI=1S/C14H31N3O/c1-12(2)15(5)9-8-10-16(6)14(18)11-17(7)13(3)4/h12-13H,8-11H2,1-7H3. The first-order valence-electron chi connectivity index (χ1n) is 6.90. The predicted molar refractivity (Wildman–Crippen MR) is 77.8 cm³/mol. The number of rotatable bonds is 8. The van der Waals surface area contributed by atoms with Crippen molar-refractivity contribution in [3.63, 3.8) is 0 Å². The summed E-state index contributed by atoms with van der Waals surface area (Å²) in [4.78, 5) is 18.2. The Labute approximate surface area is 113 Å². The van der Waals surface area contributed by atoms with Crippen LogP contribution in [0.5, 0.6) is 0 Å². The molecule has 108 valence electrons. The highest BCUT2D eigenvalue weighted by Crippen LogP contribution is 1.99. The second-order valence-electron chi connectivity index (χ2n) is 5.75. The highest BCUT2D eigenvalue weighted by Gasteiger charge is 2.13. The minimum Gasteiger partial charge on any atom is -0.345 e. The van der Waals surface area contributed by atoms with Crippen LogP contribution in [0.25, 0.3) is 0 Å². The minimum atomic E-state index is 0.207. The summed E-state index contributed by atoms with van der Waals surface area (Å²) in [6.07, 6.45) is 1.03. The van der Waals surface area contributed by atoms with E-state index in [1.54, 1.807) is 0 Å². The molecule has 0 aliphatic heterocycles. The van der Waals surface area contributed by atoms with Gasteiger partial charge < -0.3 is 9.80 Å². The van der Waals surface area contributed by atoms with Crippen molar-refractivity contribution in [2.24, 2.45) is 0 Å². The van der Waals surface area contributed by atoms with E-state index in [-0.39, 0.29) is 5.91 Å². The number of hydrogen-bond donors (Lipinski definition) is 0. The van der Waals surface area contributed by atoms with Crippen LogP contribution in [0, 0.1) is 0 Å². The zero-order valence-electron chi connectivity index (χ0n) is 13.2. The lowest BCUT2D eigenvalue weighted by molar-refractivity contribution is -0.131. The Kier molecular flexibility index (Phi) is 8.20. The van der Waals surface area contributed by atoms with Gasteiger partial charge in [-0.05, 0) is 54.8 Å². The van der Waals surface area contributed by atoms with Gasteiger partial charge in [0.25, 0.3) is 0 Å². The fourth-order valence-corrected chi connectivity index (χ4v) is 1.46. The van der Waals surface area contributed by atoms with Gasteiger partial charge in [0.2, 0.25) is 5.91 Å². The predicted octanol–water partition coefficient (Wildman–Crippen LogP) is 1.52. The molecule has 0 unspecified atom stereocenters. The van der Waals surface area contributed by atoms with E-state index in [1.165, 1.54) is 0 Å². The molecular formula is C14H31N3O. The van der Waals surface area contributed by atoms with Gasteiger partial charge in [-0.3, -0.25) is 9.69 Å². The molecule has 0 atom stereocenters. The Balaban J connectivity index is 3.88. The maximum absolute atomic E-state index is 11.9. The quantitative estimate of drug-likeness (QED) is 0.659. The molecule has 0 fully saturated rings. The van der Waals surface area contributed by atoms with Crippen molar-refractivity contribution >= 4 is 5.91 Å². The summed E-state index contributed by atoms with van der Waals surface area (Å²) in [7, 11) is 6.01. The van der Waals surface area contributed by atoms with Gasteiger partial charge in [-0.15, -0.1) is 0 Å². The van der Waals surface area contributed by atoms with E-state index in [2.05, 4.69) is 44.5 Å². The van der Waals surface area contributed by atoms with Gasteiger partial charge in [-0.2, -0.15) is 0 Å². The molecule has 0 radical (unpaired) electrons. The Morgan fingerprint density at radius 2 is 1.39 bits per heavy atom. The molecule has 0 aliphatic rings. The number of amides is 1. The third-order valence-corrected chi connectivity index (χ3v) is 3.58. The maximum atomic E-state index is 11.9. The summed E-state index contributed by atoms with van der Waals surface area (Å²) in [6, 6.07) is 0.979. The van der Waals surface area contributed by atoms with Crippen molar-refractivity contribution in [1.29, 1.82) is 0 Å². The van der Waals surface area contributed by atoms with Crippen molar-refractivity contribution in [3.8, 4) is 0 Å². The van der Waals surface area contributed by atoms with E-state index in [0.29, 0.717) is 18.6 Å². The normalized spacial score (nSPS) is 11.9. The van der Waals surface area contributed by atoms with Crippen LogP contribution >= 0.6 is 0 Å². The molecule has 4 nitrogen and oxygen atoms in total. The summed E-state index contributed by atoms with van der Waals surface area (Å²) >= 11 is 0. The van der Waals surface area contributed by atoms with E-state index in [1.807, 2.05) is 19.0 Å². The van der Waals surface area contributed by atoms with Crippen LogP contribution in [0.15, 0.2) is 0 Å². The van der Waals surface area contributed by atoms with E-state index in [0.717, 1.165) is 19.5 Å². The third-order valence-electron chi connectivity index (χ3n) is 3.58.